The first-order valence-corrected chi connectivity index (χ1v) is 12.9. The summed E-state index contributed by atoms with van der Waals surface area (Å²) in [5.74, 6) is -0.617. The quantitative estimate of drug-likeness (QED) is 0.224. The highest BCUT2D eigenvalue weighted by Gasteiger charge is 2.35. The molecule has 0 saturated heterocycles. The van der Waals surface area contributed by atoms with Crippen LogP contribution in [0.2, 0.25) is 5.02 Å². The molecule has 1 aliphatic rings. The number of hydrogen-bond donors (Lipinski definition) is 3. The molecule has 4 aromatic rings. The number of ether oxygens (including phenoxy) is 1. The Labute approximate surface area is 225 Å². The van der Waals surface area contributed by atoms with E-state index in [1.165, 1.54) is 0 Å². The summed E-state index contributed by atoms with van der Waals surface area (Å²) >= 11 is 6.49. The van der Waals surface area contributed by atoms with Gasteiger partial charge in [0.05, 0.1) is 28.8 Å². The summed E-state index contributed by atoms with van der Waals surface area (Å²) in [7, 11) is 3.91. The van der Waals surface area contributed by atoms with Crippen LogP contribution in [0.1, 0.15) is 41.0 Å². The zero-order valence-corrected chi connectivity index (χ0v) is 22.6. The molecule has 0 spiro atoms. The molecule has 0 atom stereocenters. The number of aromatic nitrogens is 1. The average molecular weight is 535 g/mol. The number of hydrogen-bond acceptors (Lipinski definition) is 6. The van der Waals surface area contributed by atoms with Crippen LogP contribution in [-0.2, 0) is 7.05 Å². The molecule has 9 heteroatoms. The zero-order chi connectivity index (χ0) is 27.4. The molecule has 0 unspecified atom stereocenters. The molecule has 0 saturated carbocycles. The number of aryl methyl sites for hydroxylation is 1. The minimum Gasteiger partial charge on any atom is -0.504 e. The number of carbonyl (C=O) groups excluding carboxylic acids is 2. The van der Waals surface area contributed by atoms with Crippen molar-refractivity contribution in [3.8, 4) is 22.6 Å². The monoisotopic (exact) mass is 534 g/mol. The van der Waals surface area contributed by atoms with Crippen molar-refractivity contribution in [2.24, 2.45) is 12.8 Å². The van der Waals surface area contributed by atoms with Gasteiger partial charge in [0.1, 0.15) is 0 Å². The van der Waals surface area contributed by atoms with Crippen molar-refractivity contribution >= 4 is 45.2 Å². The van der Waals surface area contributed by atoms with Crippen LogP contribution in [0.4, 0.5) is 0 Å². The summed E-state index contributed by atoms with van der Waals surface area (Å²) in [6.45, 7) is 5.94. The fraction of sp³-hybridized carbons (Fsp3) is 0.310. The average Bonchev–Trinajstić information content (AvgIpc) is 3.33. The Kier molecular flexibility index (Phi) is 6.59. The predicted octanol–water partition coefficient (Wildman–Crippen LogP) is 4.68. The first-order valence-electron chi connectivity index (χ1n) is 12.5. The number of imide groups is 1. The number of carbonyl (C=O) groups is 2. The number of benzene rings is 3. The summed E-state index contributed by atoms with van der Waals surface area (Å²) < 4.78 is 7.90. The lowest BCUT2D eigenvalue weighted by Gasteiger charge is -2.34. The maximum atomic E-state index is 13.0. The largest absolute Gasteiger partial charge is 0.504 e. The number of likely N-dealkylation sites (N-methyl/N-ethyl adjacent to an activating group) is 1. The van der Waals surface area contributed by atoms with Crippen molar-refractivity contribution in [2.45, 2.75) is 25.8 Å². The second-order valence-electron chi connectivity index (χ2n) is 10.4. The number of nitrogens with one attached hydrogen (secondary N) is 1. The molecule has 0 radical (unpaired) electrons. The van der Waals surface area contributed by atoms with Gasteiger partial charge in [0, 0.05) is 53.1 Å². The zero-order valence-electron chi connectivity index (χ0n) is 21.9. The van der Waals surface area contributed by atoms with E-state index in [1.54, 1.807) is 18.2 Å². The second-order valence-corrected chi connectivity index (χ2v) is 10.8. The molecule has 5 rings (SSSR count). The third-order valence-corrected chi connectivity index (χ3v) is 7.98. The van der Waals surface area contributed by atoms with Crippen molar-refractivity contribution in [3.63, 3.8) is 0 Å². The summed E-state index contributed by atoms with van der Waals surface area (Å²) in [6.07, 6.45) is 0.753. The van der Waals surface area contributed by atoms with E-state index in [1.807, 2.05) is 42.9 Å². The molecule has 4 N–H and O–H groups in total. The summed E-state index contributed by atoms with van der Waals surface area (Å²) in [4.78, 5) is 28.1. The van der Waals surface area contributed by atoms with Crippen LogP contribution in [0.15, 0.2) is 42.5 Å². The standard InChI is InChI=1S/C29H31ClN4O4/c1-29(2,15-31)33(3)10-7-11-38-23-14-20-18(13-22(23)35)24-21(34(20)4)12-17(16-8-5-6-9-19(16)30)25-26(24)28(37)32-27(25)36/h5-6,8-9,12-14,35H,7,10-11,15,31H2,1-4H3,(H,32,36,37). The lowest BCUT2D eigenvalue weighted by atomic mass is 9.93. The highest BCUT2D eigenvalue weighted by atomic mass is 35.5. The van der Waals surface area contributed by atoms with Gasteiger partial charge < -0.3 is 20.1 Å². The molecular formula is C29H31ClN4O4. The van der Waals surface area contributed by atoms with E-state index in [0.717, 1.165) is 24.0 Å². The Morgan fingerprint density at radius 3 is 2.50 bits per heavy atom. The first kappa shape index (κ1) is 26.0. The number of nitrogens with two attached hydrogens (primary N) is 1. The van der Waals surface area contributed by atoms with Crippen molar-refractivity contribution in [2.75, 3.05) is 26.7 Å². The first-order chi connectivity index (χ1) is 18.0. The van der Waals surface area contributed by atoms with Crippen LogP contribution in [0.5, 0.6) is 11.5 Å². The number of nitrogens with zero attached hydrogens (tertiary/aromatic N) is 2. The Morgan fingerprint density at radius 1 is 1.08 bits per heavy atom. The Balaban J connectivity index is 1.58. The van der Waals surface area contributed by atoms with E-state index < -0.39 is 11.8 Å². The van der Waals surface area contributed by atoms with Crippen molar-refractivity contribution < 1.29 is 19.4 Å². The lowest BCUT2D eigenvalue weighted by molar-refractivity contribution is 0.0880. The minimum atomic E-state index is -0.472. The van der Waals surface area contributed by atoms with E-state index >= 15 is 0 Å². The predicted molar refractivity (Wildman–Crippen MR) is 150 cm³/mol. The topological polar surface area (TPSA) is 110 Å². The van der Waals surface area contributed by atoms with Gasteiger partial charge in [-0.15, -0.1) is 0 Å². The highest BCUT2D eigenvalue weighted by molar-refractivity contribution is 6.36. The normalized spacial score (nSPS) is 13.6. The molecule has 2 heterocycles. The van der Waals surface area contributed by atoms with E-state index in [2.05, 4.69) is 24.1 Å². The van der Waals surface area contributed by atoms with E-state index in [4.69, 9.17) is 22.1 Å². The Hall–Kier alpha value is -3.59. The molecule has 0 aliphatic carbocycles. The lowest BCUT2D eigenvalue weighted by Crippen LogP contribution is -2.47. The molecule has 1 aromatic heterocycles. The van der Waals surface area contributed by atoms with E-state index in [-0.39, 0.29) is 22.4 Å². The Bertz CT molecular complexity index is 1610. The van der Waals surface area contributed by atoms with Gasteiger partial charge in [0.2, 0.25) is 0 Å². The van der Waals surface area contributed by atoms with E-state index in [9.17, 15) is 14.7 Å². The molecule has 0 fully saturated rings. The third kappa shape index (κ3) is 4.18. The van der Waals surface area contributed by atoms with Crippen LogP contribution in [0.25, 0.3) is 32.9 Å². The van der Waals surface area contributed by atoms with Gasteiger partial charge in [-0.25, -0.2) is 0 Å². The minimum absolute atomic E-state index is 0.0331. The summed E-state index contributed by atoms with van der Waals surface area (Å²) in [5, 5.41) is 15.0. The molecule has 1 aliphatic heterocycles. The SMILES string of the molecule is CN(CCCOc1cc2c(cc1O)c1c3c(c(-c4ccccc4Cl)cc1n2C)C(=O)NC3=O)C(C)(C)CN. The number of phenols is 1. The molecule has 38 heavy (non-hydrogen) atoms. The third-order valence-electron chi connectivity index (χ3n) is 7.65. The number of halogens is 1. The Morgan fingerprint density at radius 2 is 1.79 bits per heavy atom. The maximum absolute atomic E-state index is 13.0. The fourth-order valence-electron chi connectivity index (χ4n) is 5.01. The van der Waals surface area contributed by atoms with E-state index in [0.29, 0.717) is 45.8 Å². The van der Waals surface area contributed by atoms with Crippen LogP contribution >= 0.6 is 11.6 Å². The van der Waals surface area contributed by atoms with Gasteiger partial charge in [-0.3, -0.25) is 19.8 Å². The van der Waals surface area contributed by atoms with Gasteiger partial charge in [0.25, 0.3) is 11.8 Å². The van der Waals surface area contributed by atoms with Crippen LogP contribution < -0.4 is 15.8 Å². The smallest absolute Gasteiger partial charge is 0.259 e. The van der Waals surface area contributed by atoms with Gasteiger partial charge in [-0.1, -0.05) is 29.8 Å². The highest BCUT2D eigenvalue weighted by Crippen LogP contribution is 2.44. The fourth-order valence-corrected chi connectivity index (χ4v) is 5.25. The van der Waals surface area contributed by atoms with Crippen molar-refractivity contribution in [1.82, 2.24) is 14.8 Å². The van der Waals surface area contributed by atoms with Gasteiger partial charge in [-0.2, -0.15) is 0 Å². The van der Waals surface area contributed by atoms with Crippen molar-refractivity contribution in [3.05, 3.63) is 58.6 Å². The number of rotatable bonds is 8. The second kappa shape index (κ2) is 9.62. The summed E-state index contributed by atoms with van der Waals surface area (Å²) in [5.41, 5.74) is 9.07. The summed E-state index contributed by atoms with van der Waals surface area (Å²) in [6, 6.07) is 12.5. The van der Waals surface area contributed by atoms with Gasteiger partial charge in [-0.05, 0) is 51.1 Å². The van der Waals surface area contributed by atoms with Crippen LogP contribution in [0.3, 0.4) is 0 Å². The molecule has 3 aromatic carbocycles. The van der Waals surface area contributed by atoms with Crippen molar-refractivity contribution in [1.29, 1.82) is 0 Å². The number of fused-ring (bicyclic) bond motifs is 5. The van der Waals surface area contributed by atoms with Gasteiger partial charge in [0.15, 0.2) is 11.5 Å². The molecule has 2 amide bonds. The van der Waals surface area contributed by atoms with Gasteiger partial charge >= 0.3 is 0 Å². The maximum Gasteiger partial charge on any atom is 0.259 e. The number of aromatic hydroxyl groups is 1. The number of amides is 2. The van der Waals surface area contributed by atoms with Crippen LogP contribution in [0, 0.1) is 0 Å². The molecule has 198 valence electrons. The molecular weight excluding hydrogens is 504 g/mol. The molecule has 0 bridgehead atoms. The molecule has 8 nitrogen and oxygen atoms in total. The number of phenolic OH excluding ortho intramolecular Hbond substituents is 1. The van der Waals surface area contributed by atoms with Crippen LogP contribution in [-0.4, -0.2) is 58.7 Å².